The molecular weight excluding hydrogens is 352 g/mol. The average Bonchev–Trinajstić information content (AvgIpc) is 3.25. The molecule has 1 spiro atoms. The molecule has 0 saturated carbocycles. The summed E-state index contributed by atoms with van der Waals surface area (Å²) in [4.78, 5) is 15.4. The van der Waals surface area contributed by atoms with Crippen molar-refractivity contribution in [2.24, 2.45) is 5.92 Å². The molecule has 2 fully saturated rings. The van der Waals surface area contributed by atoms with Gasteiger partial charge >= 0.3 is 0 Å². The summed E-state index contributed by atoms with van der Waals surface area (Å²) in [6, 6.07) is 8.01. The fourth-order valence-electron chi connectivity index (χ4n) is 4.58. The maximum absolute atomic E-state index is 13.5. The van der Waals surface area contributed by atoms with Crippen LogP contribution in [-0.4, -0.2) is 57.2 Å². The Labute approximate surface area is 155 Å². The van der Waals surface area contributed by atoms with Crippen LogP contribution >= 0.6 is 0 Å². The fourth-order valence-corrected chi connectivity index (χ4v) is 5.68. The second-order valence-corrected chi connectivity index (χ2v) is 9.80. The van der Waals surface area contributed by atoms with E-state index in [-0.39, 0.29) is 11.7 Å². The normalized spacial score (nSPS) is 25.8. The van der Waals surface area contributed by atoms with Crippen LogP contribution in [0.5, 0.6) is 0 Å². The van der Waals surface area contributed by atoms with Gasteiger partial charge < -0.3 is 9.64 Å². The van der Waals surface area contributed by atoms with Crippen molar-refractivity contribution in [1.82, 2.24) is 4.31 Å². The van der Waals surface area contributed by atoms with Crippen molar-refractivity contribution >= 4 is 21.6 Å². The minimum atomic E-state index is -3.20. The Kier molecular flexibility index (Phi) is 4.57. The number of hydrogen-bond acceptors (Lipinski definition) is 4. The van der Waals surface area contributed by atoms with Gasteiger partial charge in [0.2, 0.25) is 15.9 Å². The lowest BCUT2D eigenvalue weighted by Gasteiger charge is -2.37. The van der Waals surface area contributed by atoms with Crippen LogP contribution in [0.1, 0.15) is 31.7 Å². The number of amides is 1. The molecule has 1 unspecified atom stereocenters. The summed E-state index contributed by atoms with van der Waals surface area (Å²) in [5.41, 5.74) is 1.49. The molecule has 7 heteroatoms. The quantitative estimate of drug-likeness (QED) is 0.801. The van der Waals surface area contributed by atoms with Gasteiger partial charge in [0.25, 0.3) is 0 Å². The van der Waals surface area contributed by atoms with Crippen molar-refractivity contribution in [2.75, 3.05) is 43.5 Å². The molecule has 1 atom stereocenters. The van der Waals surface area contributed by atoms with E-state index in [9.17, 15) is 13.2 Å². The first kappa shape index (κ1) is 17.9. The van der Waals surface area contributed by atoms with Crippen LogP contribution in [0.2, 0.25) is 0 Å². The number of carbonyl (C=O) groups is 1. The zero-order valence-electron chi connectivity index (χ0n) is 15.2. The largest absolute Gasteiger partial charge is 0.381 e. The Bertz CT molecular complexity index is 794. The number of hydrogen-bond donors (Lipinski definition) is 0. The zero-order valence-corrected chi connectivity index (χ0v) is 16.0. The highest BCUT2D eigenvalue weighted by atomic mass is 32.2. The maximum Gasteiger partial charge on any atom is 0.237 e. The summed E-state index contributed by atoms with van der Waals surface area (Å²) in [5.74, 6) is 0.625. The number of para-hydroxylation sites is 1. The lowest BCUT2D eigenvalue weighted by molar-refractivity contribution is -0.124. The van der Waals surface area contributed by atoms with E-state index in [0.717, 1.165) is 24.3 Å². The van der Waals surface area contributed by atoms with Gasteiger partial charge in [-0.15, -0.1) is 0 Å². The number of piperidine rings is 1. The SMILES string of the molecule is CCS(=O)(=O)N1CCC2(CC1)C(=O)N(CC1CCOC1)c1ccccc12. The molecular formula is C19H26N2O4S. The van der Waals surface area contributed by atoms with Gasteiger partial charge in [0.05, 0.1) is 17.8 Å². The van der Waals surface area contributed by atoms with Crippen molar-refractivity contribution in [1.29, 1.82) is 0 Å². The Hall–Kier alpha value is -1.44. The van der Waals surface area contributed by atoms with E-state index in [4.69, 9.17) is 4.74 Å². The molecule has 1 amide bonds. The zero-order chi connectivity index (χ0) is 18.4. The molecule has 26 heavy (non-hydrogen) atoms. The number of sulfonamides is 1. The molecule has 3 aliphatic heterocycles. The number of carbonyl (C=O) groups excluding carboxylic acids is 1. The molecule has 6 nitrogen and oxygen atoms in total. The van der Waals surface area contributed by atoms with E-state index in [1.807, 2.05) is 29.2 Å². The molecule has 1 aromatic carbocycles. The van der Waals surface area contributed by atoms with Crippen molar-refractivity contribution in [2.45, 2.75) is 31.6 Å². The van der Waals surface area contributed by atoms with E-state index in [1.165, 1.54) is 0 Å². The maximum atomic E-state index is 13.5. The van der Waals surface area contributed by atoms with E-state index >= 15 is 0 Å². The summed E-state index contributed by atoms with van der Waals surface area (Å²) in [7, 11) is -3.20. The monoisotopic (exact) mass is 378 g/mol. The molecule has 1 aromatic rings. The number of fused-ring (bicyclic) bond motifs is 2. The van der Waals surface area contributed by atoms with Gasteiger partial charge in [0.15, 0.2) is 0 Å². The second kappa shape index (κ2) is 6.62. The highest BCUT2D eigenvalue weighted by Gasteiger charge is 2.53. The second-order valence-electron chi connectivity index (χ2n) is 7.54. The lowest BCUT2D eigenvalue weighted by atomic mass is 9.74. The highest BCUT2D eigenvalue weighted by Crippen LogP contribution is 2.48. The summed E-state index contributed by atoms with van der Waals surface area (Å²) in [5, 5.41) is 0. The Morgan fingerprint density at radius 1 is 1.23 bits per heavy atom. The van der Waals surface area contributed by atoms with Crippen molar-refractivity contribution in [3.63, 3.8) is 0 Å². The molecule has 0 radical (unpaired) electrons. The first-order valence-corrected chi connectivity index (χ1v) is 11.1. The number of ether oxygens (including phenoxy) is 1. The van der Waals surface area contributed by atoms with E-state index < -0.39 is 15.4 Å². The van der Waals surface area contributed by atoms with Crippen LogP contribution in [0.4, 0.5) is 5.69 Å². The van der Waals surface area contributed by atoms with Crippen LogP contribution in [0.3, 0.4) is 0 Å². The lowest BCUT2D eigenvalue weighted by Crippen LogP contribution is -2.50. The average molecular weight is 378 g/mol. The van der Waals surface area contributed by atoms with E-state index in [0.29, 0.717) is 45.0 Å². The minimum Gasteiger partial charge on any atom is -0.381 e. The first-order chi connectivity index (χ1) is 12.5. The minimum absolute atomic E-state index is 0.109. The van der Waals surface area contributed by atoms with Gasteiger partial charge in [-0.1, -0.05) is 18.2 Å². The van der Waals surface area contributed by atoms with Gasteiger partial charge in [-0.25, -0.2) is 12.7 Å². The van der Waals surface area contributed by atoms with Gasteiger partial charge in [-0.2, -0.15) is 0 Å². The summed E-state index contributed by atoms with van der Waals surface area (Å²) in [6.07, 6.45) is 2.10. The molecule has 0 N–H and O–H groups in total. The standard InChI is InChI=1S/C19H26N2O4S/c1-2-26(23,24)20-10-8-19(9-11-20)16-5-3-4-6-17(16)21(18(19)22)13-15-7-12-25-14-15/h3-6,15H,2,7-14H2,1H3. The molecule has 0 aromatic heterocycles. The van der Waals surface area contributed by atoms with E-state index in [1.54, 1.807) is 11.2 Å². The van der Waals surface area contributed by atoms with Crippen molar-refractivity contribution < 1.29 is 17.9 Å². The Morgan fingerprint density at radius 3 is 2.62 bits per heavy atom. The van der Waals surface area contributed by atoms with Gasteiger partial charge in [0.1, 0.15) is 0 Å². The topological polar surface area (TPSA) is 66.9 Å². The first-order valence-electron chi connectivity index (χ1n) is 9.45. The number of nitrogens with zero attached hydrogens (tertiary/aromatic N) is 2. The Balaban J connectivity index is 1.62. The predicted octanol–water partition coefficient (Wildman–Crippen LogP) is 1.75. The molecule has 3 heterocycles. The summed E-state index contributed by atoms with van der Waals surface area (Å²) >= 11 is 0. The molecule has 3 aliphatic rings. The molecule has 0 aliphatic carbocycles. The van der Waals surface area contributed by atoms with Crippen LogP contribution in [0, 0.1) is 5.92 Å². The third kappa shape index (κ3) is 2.77. The van der Waals surface area contributed by atoms with Crippen LogP contribution in [-0.2, 0) is 25.0 Å². The van der Waals surface area contributed by atoms with Gasteiger partial charge in [-0.05, 0) is 37.8 Å². The fraction of sp³-hybridized carbons (Fsp3) is 0.632. The highest BCUT2D eigenvalue weighted by molar-refractivity contribution is 7.89. The van der Waals surface area contributed by atoms with E-state index in [2.05, 4.69) is 0 Å². The van der Waals surface area contributed by atoms with Gasteiger partial charge in [0, 0.05) is 37.8 Å². The van der Waals surface area contributed by atoms with Gasteiger partial charge in [-0.3, -0.25) is 4.79 Å². The van der Waals surface area contributed by atoms with Crippen LogP contribution in [0.25, 0.3) is 0 Å². The molecule has 0 bridgehead atoms. The predicted molar refractivity (Wildman–Crippen MR) is 99.7 cm³/mol. The molecule has 4 rings (SSSR count). The number of anilines is 1. The van der Waals surface area contributed by atoms with Crippen LogP contribution < -0.4 is 4.90 Å². The third-order valence-corrected chi connectivity index (χ3v) is 8.05. The summed E-state index contributed by atoms with van der Waals surface area (Å²) in [6.45, 7) is 4.66. The van der Waals surface area contributed by atoms with Crippen LogP contribution in [0.15, 0.2) is 24.3 Å². The van der Waals surface area contributed by atoms with Crippen molar-refractivity contribution in [3.8, 4) is 0 Å². The summed E-state index contributed by atoms with van der Waals surface area (Å²) < 4.78 is 31.4. The molecule has 142 valence electrons. The third-order valence-electron chi connectivity index (χ3n) is 6.16. The molecule has 2 saturated heterocycles. The smallest absolute Gasteiger partial charge is 0.237 e. The Morgan fingerprint density at radius 2 is 1.96 bits per heavy atom. The number of benzene rings is 1. The number of rotatable bonds is 4. The van der Waals surface area contributed by atoms with Crippen molar-refractivity contribution in [3.05, 3.63) is 29.8 Å².